The highest BCUT2D eigenvalue weighted by atomic mass is 16.7. The molecule has 30 heavy (non-hydrogen) atoms. The average molecular weight is 431 g/mol. The number of benzene rings is 1. The molecule has 11 nitrogen and oxygen atoms in total. The van der Waals surface area contributed by atoms with Crippen molar-refractivity contribution in [3.05, 3.63) is 29.8 Å². The summed E-state index contributed by atoms with van der Waals surface area (Å²) in [7, 11) is 0. The third kappa shape index (κ3) is 5.94. The normalized spacial score (nSPS) is 29.8. The van der Waals surface area contributed by atoms with Gasteiger partial charge in [0.15, 0.2) is 12.1 Å². The Hall–Kier alpha value is -1.67. The summed E-state index contributed by atoms with van der Waals surface area (Å²) in [6.45, 7) is 0.0645. The maximum absolute atomic E-state index is 12.6. The van der Waals surface area contributed by atoms with Crippen molar-refractivity contribution in [1.29, 1.82) is 0 Å². The number of hydrogen-bond acceptors (Lipinski definition) is 11. The van der Waals surface area contributed by atoms with Crippen LogP contribution in [0.15, 0.2) is 24.3 Å². The summed E-state index contributed by atoms with van der Waals surface area (Å²) in [6.07, 6.45) is -13.4. The lowest BCUT2D eigenvalue weighted by Crippen LogP contribution is -2.61. The number of carbonyl (C=O) groups is 1. The first-order valence-corrected chi connectivity index (χ1v) is 9.46. The quantitative estimate of drug-likeness (QED) is 0.187. The van der Waals surface area contributed by atoms with Gasteiger partial charge in [-0.1, -0.05) is 17.7 Å². The molecule has 1 aliphatic rings. The third-order valence-electron chi connectivity index (χ3n) is 4.83. The van der Waals surface area contributed by atoms with Crippen LogP contribution in [0.1, 0.15) is 5.56 Å². The number of rotatable bonds is 10. The van der Waals surface area contributed by atoms with Crippen LogP contribution in [-0.4, -0.2) is 110 Å². The lowest BCUT2D eigenvalue weighted by molar-refractivity contribution is -0.314. The molecule has 1 aromatic rings. The van der Waals surface area contributed by atoms with E-state index < -0.39 is 68.0 Å². The lowest BCUT2D eigenvalue weighted by Gasteiger charge is -2.41. The number of aliphatic hydroxyl groups is 7. The SMILES string of the molecule is Cc1ccc(NCC(O)C(=O)C(O[C@@H]2O[C@H](CO)[C@H](O)[C@H](O)[C@H]2O)[C@H](O)CO)cc1. The molecule has 1 heterocycles. The van der Waals surface area contributed by atoms with Crippen molar-refractivity contribution in [2.45, 2.75) is 55.9 Å². The van der Waals surface area contributed by atoms with Crippen LogP contribution in [0, 0.1) is 6.92 Å². The van der Waals surface area contributed by atoms with Crippen molar-refractivity contribution in [2.24, 2.45) is 0 Å². The number of aliphatic hydroxyl groups excluding tert-OH is 7. The van der Waals surface area contributed by atoms with E-state index in [9.17, 15) is 40.5 Å². The van der Waals surface area contributed by atoms with E-state index >= 15 is 0 Å². The maximum Gasteiger partial charge on any atom is 0.194 e. The lowest BCUT2D eigenvalue weighted by atomic mass is 9.98. The predicted octanol–water partition coefficient (Wildman–Crippen LogP) is -3.12. The molecular weight excluding hydrogens is 402 g/mol. The summed E-state index contributed by atoms with van der Waals surface area (Å²) in [5.41, 5.74) is 1.66. The number of ketones is 1. The molecule has 2 rings (SSSR count). The first-order valence-electron chi connectivity index (χ1n) is 9.46. The van der Waals surface area contributed by atoms with Gasteiger partial charge in [-0.2, -0.15) is 0 Å². The minimum Gasteiger partial charge on any atom is -0.394 e. The van der Waals surface area contributed by atoms with E-state index in [0.717, 1.165) is 5.56 Å². The fourth-order valence-electron chi connectivity index (χ4n) is 2.94. The fraction of sp³-hybridized carbons (Fsp3) is 0.632. The monoisotopic (exact) mass is 431 g/mol. The Labute approximate surface area is 173 Å². The highest BCUT2D eigenvalue weighted by Crippen LogP contribution is 2.24. The number of aryl methyl sites for hydroxylation is 1. The van der Waals surface area contributed by atoms with Gasteiger partial charge in [0.05, 0.1) is 13.2 Å². The van der Waals surface area contributed by atoms with E-state index in [1.807, 2.05) is 19.1 Å². The second kappa shape index (κ2) is 11.1. The molecule has 11 heteroatoms. The van der Waals surface area contributed by atoms with Crippen LogP contribution in [0.3, 0.4) is 0 Å². The van der Waals surface area contributed by atoms with Gasteiger partial charge in [-0.25, -0.2) is 0 Å². The van der Waals surface area contributed by atoms with Crippen molar-refractivity contribution in [3.63, 3.8) is 0 Å². The van der Waals surface area contributed by atoms with Gasteiger partial charge >= 0.3 is 0 Å². The molecule has 8 atom stereocenters. The molecule has 1 aromatic carbocycles. The zero-order valence-corrected chi connectivity index (χ0v) is 16.4. The Morgan fingerprint density at radius 1 is 1.10 bits per heavy atom. The van der Waals surface area contributed by atoms with Crippen molar-refractivity contribution in [3.8, 4) is 0 Å². The van der Waals surface area contributed by atoms with Gasteiger partial charge in [-0.3, -0.25) is 4.79 Å². The van der Waals surface area contributed by atoms with Gasteiger partial charge < -0.3 is 50.5 Å². The van der Waals surface area contributed by atoms with Gasteiger partial charge in [0.1, 0.15) is 42.7 Å². The van der Waals surface area contributed by atoms with Crippen LogP contribution in [0.25, 0.3) is 0 Å². The average Bonchev–Trinajstić information content (AvgIpc) is 2.75. The molecule has 1 fully saturated rings. The largest absolute Gasteiger partial charge is 0.394 e. The van der Waals surface area contributed by atoms with Gasteiger partial charge in [-0.05, 0) is 19.1 Å². The van der Waals surface area contributed by atoms with Crippen molar-refractivity contribution in [1.82, 2.24) is 0 Å². The first-order chi connectivity index (χ1) is 14.2. The summed E-state index contributed by atoms with van der Waals surface area (Å²) in [6, 6.07) is 7.15. The Balaban J connectivity index is 2.06. The second-order valence-corrected chi connectivity index (χ2v) is 7.17. The zero-order chi connectivity index (χ0) is 22.4. The molecule has 1 aliphatic heterocycles. The van der Waals surface area contributed by atoms with E-state index in [2.05, 4.69) is 5.32 Å². The molecule has 0 aromatic heterocycles. The molecule has 0 radical (unpaired) electrons. The van der Waals surface area contributed by atoms with E-state index in [0.29, 0.717) is 5.69 Å². The highest BCUT2D eigenvalue weighted by molar-refractivity contribution is 5.88. The number of carbonyl (C=O) groups excluding carboxylic acids is 1. The number of nitrogens with one attached hydrogen (secondary N) is 1. The summed E-state index contributed by atoms with van der Waals surface area (Å²) in [5, 5.41) is 71.2. The number of anilines is 1. The van der Waals surface area contributed by atoms with E-state index in [1.165, 1.54) is 0 Å². The fourth-order valence-corrected chi connectivity index (χ4v) is 2.94. The molecule has 0 aliphatic carbocycles. The molecule has 2 unspecified atom stereocenters. The third-order valence-corrected chi connectivity index (χ3v) is 4.83. The second-order valence-electron chi connectivity index (χ2n) is 7.17. The molecule has 0 spiro atoms. The Bertz CT molecular complexity index is 670. The van der Waals surface area contributed by atoms with Gasteiger partial charge in [0.25, 0.3) is 0 Å². The molecule has 170 valence electrons. The highest BCUT2D eigenvalue weighted by Gasteiger charge is 2.46. The minimum absolute atomic E-state index is 0.228. The Kier molecular flexibility index (Phi) is 9.09. The maximum atomic E-state index is 12.6. The van der Waals surface area contributed by atoms with Crippen molar-refractivity contribution in [2.75, 3.05) is 25.1 Å². The van der Waals surface area contributed by atoms with Crippen LogP contribution in [-0.2, 0) is 14.3 Å². The van der Waals surface area contributed by atoms with E-state index in [-0.39, 0.29) is 6.54 Å². The number of ether oxygens (including phenoxy) is 2. The van der Waals surface area contributed by atoms with Crippen LogP contribution in [0.5, 0.6) is 0 Å². The molecule has 1 saturated heterocycles. The summed E-state index contributed by atoms with van der Waals surface area (Å²) in [5.74, 6) is -1.01. The van der Waals surface area contributed by atoms with Gasteiger partial charge in [0.2, 0.25) is 0 Å². The van der Waals surface area contributed by atoms with Crippen LogP contribution in [0.4, 0.5) is 5.69 Å². The summed E-state index contributed by atoms with van der Waals surface area (Å²) < 4.78 is 10.4. The molecule has 0 amide bonds. The first kappa shape index (κ1) is 24.6. The van der Waals surface area contributed by atoms with Crippen LogP contribution >= 0.6 is 0 Å². The van der Waals surface area contributed by atoms with Crippen LogP contribution in [0.2, 0.25) is 0 Å². The number of hydrogen-bond donors (Lipinski definition) is 8. The van der Waals surface area contributed by atoms with Crippen LogP contribution < -0.4 is 5.32 Å². The molecule has 8 N–H and O–H groups in total. The molecule has 0 bridgehead atoms. The minimum atomic E-state index is -1.81. The Morgan fingerprint density at radius 2 is 1.73 bits per heavy atom. The Morgan fingerprint density at radius 3 is 2.30 bits per heavy atom. The van der Waals surface area contributed by atoms with Gasteiger partial charge in [0, 0.05) is 12.2 Å². The number of Topliss-reactive ketones (excluding diaryl/α,β-unsaturated/α-hetero) is 1. The standard InChI is InChI=1S/C19H29NO10/c1-9-2-4-10(5-3-9)20-6-11(23)14(25)18(12(24)7-21)30-19-17(28)16(27)15(26)13(8-22)29-19/h2-5,11-13,15-24,26-28H,6-8H2,1H3/t11?,12-,13-,15+,16+,17-,18?,19+/m1/s1. The molecular formula is C19H29NO10. The smallest absolute Gasteiger partial charge is 0.194 e. The predicted molar refractivity (Wildman–Crippen MR) is 102 cm³/mol. The topological polar surface area (TPSA) is 189 Å². The van der Waals surface area contributed by atoms with Gasteiger partial charge in [-0.15, -0.1) is 0 Å². The molecule has 0 saturated carbocycles. The van der Waals surface area contributed by atoms with Crippen molar-refractivity contribution >= 4 is 11.5 Å². The van der Waals surface area contributed by atoms with Crippen molar-refractivity contribution < 1.29 is 50.0 Å². The van der Waals surface area contributed by atoms with E-state index in [1.54, 1.807) is 12.1 Å². The van der Waals surface area contributed by atoms with E-state index in [4.69, 9.17) is 9.47 Å². The summed E-state index contributed by atoms with van der Waals surface area (Å²) in [4.78, 5) is 12.6. The zero-order valence-electron chi connectivity index (χ0n) is 16.4. The summed E-state index contributed by atoms with van der Waals surface area (Å²) >= 11 is 0.